The maximum atomic E-state index is 11.0. The number of hydrogen-bond donors (Lipinski definition) is 0. The number of methoxy groups -OCH3 is 1. The highest BCUT2D eigenvalue weighted by molar-refractivity contribution is 5.86. The Morgan fingerprint density at radius 3 is 2.47 bits per heavy atom. The molecule has 0 bridgehead atoms. The molecule has 2 rings (SSSR count). The summed E-state index contributed by atoms with van der Waals surface area (Å²) in [5.74, 6) is 0.429. The molecule has 17 heavy (non-hydrogen) atoms. The summed E-state index contributed by atoms with van der Waals surface area (Å²) in [6, 6.07) is 8.47. The second-order valence-electron chi connectivity index (χ2n) is 4.50. The van der Waals surface area contributed by atoms with Crippen LogP contribution >= 0.6 is 0 Å². The van der Waals surface area contributed by atoms with E-state index in [9.17, 15) is 4.79 Å². The summed E-state index contributed by atoms with van der Waals surface area (Å²) < 4.78 is 4.55. The van der Waals surface area contributed by atoms with E-state index in [1.807, 2.05) is 0 Å². The Morgan fingerprint density at radius 1 is 1.24 bits per heavy atom. The third kappa shape index (κ3) is 3.19. The summed E-state index contributed by atoms with van der Waals surface area (Å²) in [6.07, 6.45) is 8.58. The van der Waals surface area contributed by atoms with Crippen molar-refractivity contribution >= 4 is 12.0 Å². The zero-order valence-electron chi connectivity index (χ0n) is 10.2. The van der Waals surface area contributed by atoms with Gasteiger partial charge in [0.1, 0.15) is 0 Å². The largest absolute Gasteiger partial charge is 0.466 e. The topological polar surface area (TPSA) is 26.3 Å². The second-order valence-corrected chi connectivity index (χ2v) is 4.50. The van der Waals surface area contributed by atoms with Gasteiger partial charge in [-0.25, -0.2) is 4.79 Å². The Balaban J connectivity index is 2.02. The van der Waals surface area contributed by atoms with Gasteiger partial charge in [0, 0.05) is 6.08 Å². The summed E-state index contributed by atoms with van der Waals surface area (Å²) in [5.41, 5.74) is 2.47. The van der Waals surface area contributed by atoms with E-state index < -0.39 is 0 Å². The Kier molecular flexibility index (Phi) is 3.97. The molecule has 2 heteroatoms. The number of benzene rings is 1. The van der Waals surface area contributed by atoms with E-state index in [4.69, 9.17) is 0 Å². The molecular weight excluding hydrogens is 212 g/mol. The van der Waals surface area contributed by atoms with Crippen LogP contribution in [0.5, 0.6) is 0 Å². The van der Waals surface area contributed by atoms with Crippen LogP contribution in [0.25, 0.3) is 6.08 Å². The van der Waals surface area contributed by atoms with Crippen molar-refractivity contribution in [3.63, 3.8) is 0 Å². The summed E-state index contributed by atoms with van der Waals surface area (Å²) in [4.78, 5) is 11.0. The monoisotopic (exact) mass is 230 g/mol. The van der Waals surface area contributed by atoms with Gasteiger partial charge >= 0.3 is 5.97 Å². The quantitative estimate of drug-likeness (QED) is 0.586. The molecule has 0 radical (unpaired) electrons. The number of hydrogen-bond acceptors (Lipinski definition) is 2. The van der Waals surface area contributed by atoms with E-state index >= 15 is 0 Å². The molecule has 1 fully saturated rings. The highest BCUT2D eigenvalue weighted by Crippen LogP contribution is 2.33. The third-order valence-corrected chi connectivity index (χ3v) is 3.38. The third-order valence-electron chi connectivity index (χ3n) is 3.38. The molecule has 2 nitrogen and oxygen atoms in total. The van der Waals surface area contributed by atoms with Gasteiger partial charge in [0.2, 0.25) is 0 Å². The van der Waals surface area contributed by atoms with Crippen LogP contribution in [-0.2, 0) is 9.53 Å². The van der Waals surface area contributed by atoms with E-state index in [-0.39, 0.29) is 5.97 Å². The number of carbonyl (C=O) groups is 1. The van der Waals surface area contributed by atoms with Crippen molar-refractivity contribution in [2.75, 3.05) is 7.11 Å². The number of esters is 1. The molecule has 1 aliphatic rings. The average Bonchev–Trinajstić information content (AvgIpc) is 2.90. The molecule has 0 heterocycles. The van der Waals surface area contributed by atoms with Gasteiger partial charge in [-0.2, -0.15) is 0 Å². The van der Waals surface area contributed by atoms with E-state index in [0.29, 0.717) is 0 Å². The molecule has 1 aliphatic carbocycles. The number of ether oxygens (including phenoxy) is 1. The van der Waals surface area contributed by atoms with Crippen LogP contribution in [0.4, 0.5) is 0 Å². The van der Waals surface area contributed by atoms with Gasteiger partial charge in [-0.05, 0) is 36.0 Å². The van der Waals surface area contributed by atoms with Crippen LogP contribution < -0.4 is 0 Å². The van der Waals surface area contributed by atoms with Crippen molar-refractivity contribution in [1.29, 1.82) is 0 Å². The lowest BCUT2D eigenvalue weighted by Crippen LogP contribution is -1.94. The second kappa shape index (κ2) is 5.67. The van der Waals surface area contributed by atoms with Crippen LogP contribution in [0.3, 0.4) is 0 Å². The van der Waals surface area contributed by atoms with Gasteiger partial charge in [-0.3, -0.25) is 0 Å². The molecular formula is C15H18O2. The van der Waals surface area contributed by atoms with Crippen LogP contribution in [0.2, 0.25) is 0 Å². The van der Waals surface area contributed by atoms with Crippen molar-refractivity contribution in [3.8, 4) is 0 Å². The Labute approximate surface area is 102 Å². The lowest BCUT2D eigenvalue weighted by atomic mass is 9.97. The zero-order valence-corrected chi connectivity index (χ0v) is 10.2. The molecule has 1 saturated carbocycles. The van der Waals surface area contributed by atoms with Crippen LogP contribution in [-0.4, -0.2) is 13.1 Å². The minimum atomic E-state index is -0.315. The number of carbonyl (C=O) groups excluding carboxylic acids is 1. The van der Waals surface area contributed by atoms with E-state index in [0.717, 1.165) is 11.5 Å². The Morgan fingerprint density at radius 2 is 1.88 bits per heavy atom. The standard InChI is InChI=1S/C15H18O2/c1-17-15(16)11-8-12-6-9-14(10-7-12)13-4-2-3-5-13/h6-11,13H,2-5H2,1H3/b11-8+. The zero-order chi connectivity index (χ0) is 12.1. The van der Waals surface area contributed by atoms with Gasteiger partial charge in [-0.15, -0.1) is 0 Å². The van der Waals surface area contributed by atoms with Crippen LogP contribution in [0.15, 0.2) is 30.3 Å². The van der Waals surface area contributed by atoms with Gasteiger partial charge < -0.3 is 4.74 Å². The first kappa shape index (κ1) is 11.9. The summed E-state index contributed by atoms with van der Waals surface area (Å²) in [5, 5.41) is 0. The molecule has 0 unspecified atom stereocenters. The first-order chi connectivity index (χ1) is 8.29. The van der Waals surface area contributed by atoms with Crippen molar-refractivity contribution in [1.82, 2.24) is 0 Å². The van der Waals surface area contributed by atoms with Gasteiger partial charge in [0.05, 0.1) is 7.11 Å². The van der Waals surface area contributed by atoms with Crippen molar-refractivity contribution in [3.05, 3.63) is 41.5 Å². The smallest absolute Gasteiger partial charge is 0.330 e. The fourth-order valence-corrected chi connectivity index (χ4v) is 2.37. The first-order valence-corrected chi connectivity index (χ1v) is 6.15. The molecule has 0 saturated heterocycles. The average molecular weight is 230 g/mol. The van der Waals surface area contributed by atoms with E-state index in [1.165, 1.54) is 44.4 Å². The van der Waals surface area contributed by atoms with E-state index in [2.05, 4.69) is 29.0 Å². The highest BCUT2D eigenvalue weighted by atomic mass is 16.5. The van der Waals surface area contributed by atoms with Crippen molar-refractivity contribution in [2.24, 2.45) is 0 Å². The highest BCUT2D eigenvalue weighted by Gasteiger charge is 2.16. The lowest BCUT2D eigenvalue weighted by Gasteiger charge is -2.09. The van der Waals surface area contributed by atoms with Crippen molar-refractivity contribution < 1.29 is 9.53 Å². The maximum absolute atomic E-state index is 11.0. The molecule has 0 amide bonds. The fourth-order valence-electron chi connectivity index (χ4n) is 2.37. The summed E-state index contributed by atoms with van der Waals surface area (Å²) in [6.45, 7) is 0. The Bertz CT molecular complexity index is 397. The van der Waals surface area contributed by atoms with Crippen LogP contribution in [0.1, 0.15) is 42.7 Å². The normalized spacial score (nSPS) is 16.5. The fraction of sp³-hybridized carbons (Fsp3) is 0.400. The summed E-state index contributed by atoms with van der Waals surface area (Å²) in [7, 11) is 1.38. The first-order valence-electron chi connectivity index (χ1n) is 6.15. The SMILES string of the molecule is COC(=O)/C=C/c1ccc(C2CCCC2)cc1. The van der Waals surface area contributed by atoms with Gasteiger partial charge in [0.15, 0.2) is 0 Å². The molecule has 0 atom stereocenters. The van der Waals surface area contributed by atoms with Gasteiger partial charge in [0.25, 0.3) is 0 Å². The minimum Gasteiger partial charge on any atom is -0.466 e. The van der Waals surface area contributed by atoms with E-state index in [1.54, 1.807) is 6.08 Å². The molecule has 90 valence electrons. The predicted molar refractivity (Wildman–Crippen MR) is 68.7 cm³/mol. The van der Waals surface area contributed by atoms with Crippen molar-refractivity contribution in [2.45, 2.75) is 31.6 Å². The van der Waals surface area contributed by atoms with Crippen LogP contribution in [0, 0.1) is 0 Å². The number of rotatable bonds is 3. The molecule has 0 spiro atoms. The molecule has 0 aliphatic heterocycles. The lowest BCUT2D eigenvalue weighted by molar-refractivity contribution is -0.134. The molecule has 1 aromatic carbocycles. The van der Waals surface area contributed by atoms with Gasteiger partial charge in [-0.1, -0.05) is 37.1 Å². The molecule has 1 aromatic rings. The molecule has 0 aromatic heterocycles. The Hall–Kier alpha value is -1.57. The maximum Gasteiger partial charge on any atom is 0.330 e. The predicted octanol–water partition coefficient (Wildman–Crippen LogP) is 3.53. The minimum absolute atomic E-state index is 0.315. The molecule has 0 N–H and O–H groups in total. The summed E-state index contributed by atoms with van der Waals surface area (Å²) >= 11 is 0.